The zero-order valence-electron chi connectivity index (χ0n) is 14.8. The fourth-order valence-electron chi connectivity index (χ4n) is 3.09. The molecule has 0 aromatic heterocycles. The van der Waals surface area contributed by atoms with Crippen LogP contribution >= 0.6 is 0 Å². The summed E-state index contributed by atoms with van der Waals surface area (Å²) >= 11 is 0. The number of carbonyl (C=O) groups excluding carboxylic acids is 1. The van der Waals surface area contributed by atoms with E-state index in [2.05, 4.69) is 22.6 Å². The first-order valence-electron chi connectivity index (χ1n) is 9.01. The highest BCUT2D eigenvalue weighted by Crippen LogP contribution is 2.19. The van der Waals surface area contributed by atoms with Crippen molar-refractivity contribution in [3.63, 3.8) is 0 Å². The molecule has 0 bridgehead atoms. The fraction of sp³-hybridized carbons (Fsp3) is 0.130. The van der Waals surface area contributed by atoms with Crippen LogP contribution in [0.5, 0.6) is 0 Å². The van der Waals surface area contributed by atoms with Crippen LogP contribution in [0, 0.1) is 0 Å². The summed E-state index contributed by atoms with van der Waals surface area (Å²) in [5, 5.41) is 7.08. The van der Waals surface area contributed by atoms with E-state index >= 15 is 0 Å². The number of rotatable bonds is 5. The van der Waals surface area contributed by atoms with Crippen molar-refractivity contribution >= 4 is 11.6 Å². The Morgan fingerprint density at radius 2 is 1.44 bits per heavy atom. The van der Waals surface area contributed by atoms with Crippen molar-refractivity contribution in [2.24, 2.45) is 5.16 Å². The first kappa shape index (κ1) is 17.0. The van der Waals surface area contributed by atoms with Crippen LogP contribution in [0.15, 0.2) is 90.1 Å². The second-order valence-corrected chi connectivity index (χ2v) is 6.49. The molecule has 27 heavy (non-hydrogen) atoms. The molecule has 1 heterocycles. The molecule has 0 fully saturated rings. The smallest absolute Gasteiger partial charge is 0.251 e. The van der Waals surface area contributed by atoms with Gasteiger partial charge in [-0.2, -0.15) is 0 Å². The van der Waals surface area contributed by atoms with Crippen LogP contribution in [0.25, 0.3) is 11.1 Å². The minimum absolute atomic E-state index is 0.105. The van der Waals surface area contributed by atoms with E-state index in [9.17, 15) is 4.79 Å². The highest BCUT2D eigenvalue weighted by atomic mass is 16.6. The van der Waals surface area contributed by atoms with Gasteiger partial charge in [-0.05, 0) is 28.8 Å². The first-order valence-corrected chi connectivity index (χ1v) is 9.01. The molecule has 1 aliphatic heterocycles. The van der Waals surface area contributed by atoms with Gasteiger partial charge in [0.2, 0.25) is 0 Å². The minimum atomic E-state index is -0.132. The molecule has 4 nitrogen and oxygen atoms in total. The number of amides is 1. The van der Waals surface area contributed by atoms with Crippen LogP contribution in [0.1, 0.15) is 22.3 Å². The average molecular weight is 356 g/mol. The number of hydrogen-bond acceptors (Lipinski definition) is 3. The lowest BCUT2D eigenvalue weighted by Gasteiger charge is -2.10. The van der Waals surface area contributed by atoms with Crippen molar-refractivity contribution < 1.29 is 9.63 Å². The lowest BCUT2D eigenvalue weighted by molar-refractivity contribution is 0.0753. The monoisotopic (exact) mass is 356 g/mol. The Balaban J connectivity index is 1.31. The number of benzene rings is 3. The van der Waals surface area contributed by atoms with Crippen molar-refractivity contribution in [3.8, 4) is 11.1 Å². The van der Waals surface area contributed by atoms with Gasteiger partial charge in [-0.1, -0.05) is 78.0 Å². The van der Waals surface area contributed by atoms with E-state index < -0.39 is 0 Å². The summed E-state index contributed by atoms with van der Waals surface area (Å²) in [5.41, 5.74) is 4.84. The Hall–Kier alpha value is -3.40. The molecule has 0 saturated heterocycles. The number of oxime groups is 1. The Bertz CT molecular complexity index is 935. The summed E-state index contributed by atoms with van der Waals surface area (Å²) in [6, 6.07) is 27.7. The molecule has 0 aliphatic carbocycles. The molecule has 3 aromatic carbocycles. The highest BCUT2D eigenvalue weighted by Gasteiger charge is 2.22. The van der Waals surface area contributed by atoms with E-state index in [-0.39, 0.29) is 12.0 Å². The average Bonchev–Trinajstić information content (AvgIpc) is 3.22. The van der Waals surface area contributed by atoms with Gasteiger partial charge in [0.15, 0.2) is 0 Å². The topological polar surface area (TPSA) is 50.7 Å². The summed E-state index contributed by atoms with van der Waals surface area (Å²) in [7, 11) is 0. The normalized spacial score (nSPS) is 15.7. The van der Waals surface area contributed by atoms with Crippen LogP contribution in [0.2, 0.25) is 0 Å². The van der Waals surface area contributed by atoms with E-state index in [4.69, 9.17) is 4.84 Å². The summed E-state index contributed by atoms with van der Waals surface area (Å²) in [6.45, 7) is 0.430. The number of nitrogens with one attached hydrogen (secondary N) is 1. The van der Waals surface area contributed by atoms with E-state index in [0.29, 0.717) is 18.5 Å². The molecular weight excluding hydrogens is 336 g/mol. The van der Waals surface area contributed by atoms with Crippen molar-refractivity contribution in [3.05, 3.63) is 96.1 Å². The molecule has 1 atom stereocenters. The molecule has 0 spiro atoms. The molecule has 4 rings (SSSR count). The standard InChI is InChI=1S/C23H20N2O2/c26-23(20-13-11-18(12-14-20)17-7-3-1-4-8-17)24-16-21-15-22(25-27-21)19-9-5-2-6-10-19/h1-14,21H,15-16H2,(H,24,26). The third-order valence-corrected chi connectivity index (χ3v) is 4.58. The Kier molecular flexibility index (Phi) is 4.97. The van der Waals surface area contributed by atoms with Crippen molar-refractivity contribution in [1.82, 2.24) is 5.32 Å². The zero-order valence-corrected chi connectivity index (χ0v) is 14.8. The summed E-state index contributed by atoms with van der Waals surface area (Å²) in [4.78, 5) is 17.9. The van der Waals surface area contributed by atoms with Gasteiger partial charge < -0.3 is 10.2 Å². The predicted molar refractivity (Wildman–Crippen MR) is 107 cm³/mol. The highest BCUT2D eigenvalue weighted by molar-refractivity contribution is 6.01. The van der Waals surface area contributed by atoms with Gasteiger partial charge in [0, 0.05) is 12.0 Å². The van der Waals surface area contributed by atoms with Crippen molar-refractivity contribution in [2.45, 2.75) is 12.5 Å². The maximum absolute atomic E-state index is 12.4. The molecule has 3 aromatic rings. The van der Waals surface area contributed by atoms with Crippen LogP contribution in [0.4, 0.5) is 0 Å². The maximum Gasteiger partial charge on any atom is 0.251 e. The first-order chi connectivity index (χ1) is 13.3. The number of carbonyl (C=O) groups is 1. The minimum Gasteiger partial charge on any atom is -0.390 e. The molecular formula is C23H20N2O2. The van der Waals surface area contributed by atoms with Gasteiger partial charge >= 0.3 is 0 Å². The lowest BCUT2D eigenvalue weighted by Crippen LogP contribution is -2.32. The van der Waals surface area contributed by atoms with E-state index in [1.54, 1.807) is 0 Å². The van der Waals surface area contributed by atoms with Gasteiger partial charge in [-0.15, -0.1) is 0 Å². The molecule has 1 amide bonds. The molecule has 134 valence electrons. The van der Waals surface area contributed by atoms with Gasteiger partial charge in [0.05, 0.1) is 12.3 Å². The van der Waals surface area contributed by atoms with Crippen LogP contribution in [0.3, 0.4) is 0 Å². The van der Waals surface area contributed by atoms with Gasteiger partial charge in [-0.25, -0.2) is 0 Å². The van der Waals surface area contributed by atoms with Gasteiger partial charge in [0.25, 0.3) is 5.91 Å². The largest absolute Gasteiger partial charge is 0.390 e. The molecule has 0 saturated carbocycles. The summed E-state index contributed by atoms with van der Waals surface area (Å²) in [5.74, 6) is -0.105. The van der Waals surface area contributed by atoms with Crippen LogP contribution < -0.4 is 5.32 Å². The zero-order chi connectivity index (χ0) is 18.5. The Labute approximate surface area is 158 Å². The Morgan fingerprint density at radius 1 is 0.852 bits per heavy atom. The van der Waals surface area contributed by atoms with E-state index in [0.717, 1.165) is 22.4 Å². The number of hydrogen-bond donors (Lipinski definition) is 1. The fourth-order valence-corrected chi connectivity index (χ4v) is 3.09. The van der Waals surface area contributed by atoms with Crippen molar-refractivity contribution in [1.29, 1.82) is 0 Å². The molecule has 0 radical (unpaired) electrons. The van der Waals surface area contributed by atoms with E-state index in [1.807, 2.05) is 72.8 Å². The van der Waals surface area contributed by atoms with E-state index in [1.165, 1.54) is 0 Å². The second-order valence-electron chi connectivity index (χ2n) is 6.49. The SMILES string of the molecule is O=C(NCC1CC(c2ccccc2)=NO1)c1ccc(-c2ccccc2)cc1. The number of nitrogens with zero attached hydrogens (tertiary/aromatic N) is 1. The van der Waals surface area contributed by atoms with Crippen molar-refractivity contribution in [2.75, 3.05) is 6.54 Å². The summed E-state index contributed by atoms with van der Waals surface area (Å²) < 4.78 is 0. The van der Waals surface area contributed by atoms with Gasteiger partial charge in [0.1, 0.15) is 6.10 Å². The van der Waals surface area contributed by atoms with Crippen LogP contribution in [-0.2, 0) is 4.84 Å². The molecule has 1 aliphatic rings. The Morgan fingerprint density at radius 3 is 2.11 bits per heavy atom. The lowest BCUT2D eigenvalue weighted by atomic mass is 10.0. The molecule has 4 heteroatoms. The van der Waals surface area contributed by atoms with Crippen LogP contribution in [-0.4, -0.2) is 24.3 Å². The molecule has 1 N–H and O–H groups in total. The summed E-state index contributed by atoms with van der Waals surface area (Å²) in [6.07, 6.45) is 0.560. The van der Waals surface area contributed by atoms with Gasteiger partial charge in [-0.3, -0.25) is 4.79 Å². The third-order valence-electron chi connectivity index (χ3n) is 4.58. The molecule has 1 unspecified atom stereocenters. The predicted octanol–water partition coefficient (Wildman–Crippen LogP) is 4.28. The third kappa shape index (κ3) is 4.06. The second kappa shape index (κ2) is 7.87. The quantitative estimate of drug-likeness (QED) is 0.742. The maximum atomic E-state index is 12.4.